The van der Waals surface area contributed by atoms with Gasteiger partial charge < -0.3 is 0 Å². The largest absolute Gasteiger partial charge is 0.300 e. The maximum atomic E-state index is 12.5. The Morgan fingerprint density at radius 1 is 1.25 bits per heavy atom. The highest BCUT2D eigenvalue weighted by Gasteiger charge is 2.48. The number of benzene rings is 1. The summed E-state index contributed by atoms with van der Waals surface area (Å²) in [7, 11) is 2.21. The molecule has 0 spiro atoms. The average Bonchev–Trinajstić information content (AvgIpc) is 2.70. The van der Waals surface area contributed by atoms with Crippen molar-refractivity contribution in [2.45, 2.75) is 57.5 Å². The quantitative estimate of drug-likeness (QED) is 0.838. The second kappa shape index (κ2) is 5.33. The van der Waals surface area contributed by atoms with Crippen molar-refractivity contribution in [3.63, 3.8) is 0 Å². The van der Waals surface area contributed by atoms with Crippen LogP contribution >= 0.6 is 0 Å². The van der Waals surface area contributed by atoms with Gasteiger partial charge in [0.25, 0.3) is 0 Å². The van der Waals surface area contributed by atoms with E-state index in [2.05, 4.69) is 43.1 Å². The van der Waals surface area contributed by atoms with E-state index in [4.69, 9.17) is 0 Å². The number of ketones is 1. The zero-order chi connectivity index (χ0) is 14.3. The third-order valence-electron chi connectivity index (χ3n) is 5.49. The van der Waals surface area contributed by atoms with Crippen LogP contribution in [0.15, 0.2) is 24.3 Å². The topological polar surface area (TPSA) is 20.3 Å². The summed E-state index contributed by atoms with van der Waals surface area (Å²) in [6.45, 7) is 4.13. The summed E-state index contributed by atoms with van der Waals surface area (Å²) in [5, 5.41) is 0. The fourth-order valence-corrected chi connectivity index (χ4v) is 4.30. The van der Waals surface area contributed by atoms with E-state index in [9.17, 15) is 4.79 Å². The molecule has 20 heavy (non-hydrogen) atoms. The summed E-state index contributed by atoms with van der Waals surface area (Å²) >= 11 is 0. The van der Waals surface area contributed by atoms with Crippen LogP contribution in [0.5, 0.6) is 0 Å². The summed E-state index contributed by atoms with van der Waals surface area (Å²) < 4.78 is 0. The van der Waals surface area contributed by atoms with Gasteiger partial charge in [0.15, 0.2) is 0 Å². The van der Waals surface area contributed by atoms with Gasteiger partial charge in [0.05, 0.1) is 0 Å². The van der Waals surface area contributed by atoms with E-state index >= 15 is 0 Å². The molecule has 2 heterocycles. The van der Waals surface area contributed by atoms with Gasteiger partial charge in [-0.15, -0.1) is 0 Å². The van der Waals surface area contributed by atoms with Gasteiger partial charge in [-0.25, -0.2) is 0 Å². The first-order valence-electron chi connectivity index (χ1n) is 7.93. The van der Waals surface area contributed by atoms with Gasteiger partial charge in [-0.05, 0) is 44.7 Å². The Bertz CT molecular complexity index is 493. The molecule has 2 fully saturated rings. The number of Topliss-reactive ketones (excluding diaryl/α,β-unsaturated/α-hetero) is 1. The molecule has 1 aromatic rings. The van der Waals surface area contributed by atoms with Crippen LogP contribution in [0.25, 0.3) is 0 Å². The van der Waals surface area contributed by atoms with Gasteiger partial charge in [-0.2, -0.15) is 0 Å². The summed E-state index contributed by atoms with van der Waals surface area (Å²) in [5.41, 5.74) is 2.66. The monoisotopic (exact) mass is 271 g/mol. The van der Waals surface area contributed by atoms with Crippen LogP contribution < -0.4 is 0 Å². The first kappa shape index (κ1) is 13.8. The van der Waals surface area contributed by atoms with Crippen molar-refractivity contribution in [1.29, 1.82) is 0 Å². The van der Waals surface area contributed by atoms with Crippen molar-refractivity contribution in [3.8, 4) is 0 Å². The Kier molecular flexibility index (Phi) is 3.68. The fourth-order valence-electron chi connectivity index (χ4n) is 4.30. The zero-order valence-corrected chi connectivity index (χ0v) is 12.8. The lowest BCUT2D eigenvalue weighted by molar-refractivity contribution is -0.126. The second-order valence-corrected chi connectivity index (χ2v) is 6.56. The van der Waals surface area contributed by atoms with E-state index in [1.54, 1.807) is 0 Å². The summed E-state index contributed by atoms with van der Waals surface area (Å²) in [4.78, 5) is 15.0. The first-order chi connectivity index (χ1) is 9.61. The predicted octanol–water partition coefficient (Wildman–Crippen LogP) is 3.54. The summed E-state index contributed by atoms with van der Waals surface area (Å²) in [6.07, 6.45) is 4.27. The Morgan fingerprint density at radius 3 is 2.60 bits per heavy atom. The SMILES string of the molecule is CCC(=O)[C@H]1[C@@H](c2ccc(C)cc2)C[C@@H]2CC[C@H]1N2C. The van der Waals surface area contributed by atoms with Crippen LogP contribution in [0.4, 0.5) is 0 Å². The fraction of sp³-hybridized carbons (Fsp3) is 0.611. The number of hydrogen-bond donors (Lipinski definition) is 0. The minimum Gasteiger partial charge on any atom is -0.300 e. The lowest BCUT2D eigenvalue weighted by atomic mass is 9.73. The lowest BCUT2D eigenvalue weighted by Gasteiger charge is -2.42. The molecule has 0 aliphatic carbocycles. The number of fused-ring (bicyclic) bond motifs is 2. The van der Waals surface area contributed by atoms with Crippen molar-refractivity contribution in [2.75, 3.05) is 7.05 Å². The molecule has 0 amide bonds. The van der Waals surface area contributed by atoms with E-state index in [1.807, 2.05) is 6.92 Å². The number of carbonyl (C=O) groups is 1. The van der Waals surface area contributed by atoms with Crippen molar-refractivity contribution in [3.05, 3.63) is 35.4 Å². The minimum absolute atomic E-state index is 0.200. The number of piperidine rings is 1. The van der Waals surface area contributed by atoms with Crippen molar-refractivity contribution in [1.82, 2.24) is 4.90 Å². The summed E-state index contributed by atoms with van der Waals surface area (Å²) in [6, 6.07) is 9.98. The molecule has 0 radical (unpaired) electrons. The molecule has 2 heteroatoms. The van der Waals surface area contributed by atoms with Gasteiger partial charge in [0, 0.05) is 24.4 Å². The molecule has 2 nitrogen and oxygen atoms in total. The molecular weight excluding hydrogens is 246 g/mol. The molecule has 108 valence electrons. The summed E-state index contributed by atoms with van der Waals surface area (Å²) in [5.74, 6) is 1.08. The molecule has 2 aliphatic rings. The van der Waals surface area contributed by atoms with E-state index in [0.29, 0.717) is 30.2 Å². The maximum Gasteiger partial charge on any atom is 0.137 e. The van der Waals surface area contributed by atoms with Crippen molar-refractivity contribution < 1.29 is 4.79 Å². The maximum absolute atomic E-state index is 12.5. The molecule has 2 bridgehead atoms. The highest BCUT2D eigenvalue weighted by molar-refractivity contribution is 5.82. The normalized spacial score (nSPS) is 33.4. The molecule has 0 saturated carbocycles. The third-order valence-corrected chi connectivity index (χ3v) is 5.49. The molecular formula is C18H25NO. The molecule has 2 saturated heterocycles. The van der Waals surface area contributed by atoms with Crippen LogP contribution in [-0.4, -0.2) is 29.8 Å². The van der Waals surface area contributed by atoms with Gasteiger partial charge >= 0.3 is 0 Å². The molecule has 2 aliphatic heterocycles. The smallest absolute Gasteiger partial charge is 0.137 e. The first-order valence-corrected chi connectivity index (χ1v) is 7.93. The van der Waals surface area contributed by atoms with Crippen LogP contribution in [0, 0.1) is 12.8 Å². The molecule has 4 atom stereocenters. The zero-order valence-electron chi connectivity index (χ0n) is 12.8. The van der Waals surface area contributed by atoms with Gasteiger partial charge in [-0.3, -0.25) is 9.69 Å². The van der Waals surface area contributed by atoms with Gasteiger partial charge in [-0.1, -0.05) is 36.8 Å². The van der Waals surface area contributed by atoms with Crippen LogP contribution in [-0.2, 0) is 4.79 Å². The Labute approximate surface area is 122 Å². The number of hydrogen-bond acceptors (Lipinski definition) is 2. The van der Waals surface area contributed by atoms with Crippen LogP contribution in [0.1, 0.15) is 49.7 Å². The number of rotatable bonds is 3. The van der Waals surface area contributed by atoms with Gasteiger partial charge in [0.1, 0.15) is 5.78 Å². The van der Waals surface area contributed by atoms with Gasteiger partial charge in [0.2, 0.25) is 0 Å². The molecule has 0 N–H and O–H groups in total. The van der Waals surface area contributed by atoms with E-state index < -0.39 is 0 Å². The Balaban J connectivity index is 1.95. The highest BCUT2D eigenvalue weighted by atomic mass is 16.1. The predicted molar refractivity (Wildman–Crippen MR) is 81.9 cm³/mol. The van der Waals surface area contributed by atoms with Crippen LogP contribution in [0.2, 0.25) is 0 Å². The Morgan fingerprint density at radius 2 is 1.95 bits per heavy atom. The van der Waals surface area contributed by atoms with E-state index in [1.165, 1.54) is 24.0 Å². The molecule has 0 unspecified atom stereocenters. The number of carbonyl (C=O) groups excluding carboxylic acids is 1. The van der Waals surface area contributed by atoms with E-state index in [0.717, 1.165) is 6.42 Å². The number of aryl methyl sites for hydroxylation is 1. The molecule has 1 aromatic carbocycles. The van der Waals surface area contributed by atoms with Crippen molar-refractivity contribution in [2.24, 2.45) is 5.92 Å². The Hall–Kier alpha value is -1.15. The minimum atomic E-state index is 0.200. The molecule has 3 rings (SSSR count). The highest BCUT2D eigenvalue weighted by Crippen LogP contribution is 2.46. The standard InChI is InChI=1S/C18H25NO/c1-4-17(20)18-15(13-7-5-12(2)6-8-13)11-14-9-10-16(18)19(14)3/h5-8,14-16,18H,4,9-11H2,1-3H3/t14-,15+,16+,18-/m0/s1. The average molecular weight is 271 g/mol. The number of nitrogens with zero attached hydrogens (tertiary/aromatic N) is 1. The lowest BCUT2D eigenvalue weighted by Crippen LogP contribution is -2.48. The van der Waals surface area contributed by atoms with Crippen molar-refractivity contribution >= 4 is 5.78 Å². The third kappa shape index (κ3) is 2.20. The van der Waals surface area contributed by atoms with Crippen LogP contribution in [0.3, 0.4) is 0 Å². The molecule has 0 aromatic heterocycles. The second-order valence-electron chi connectivity index (χ2n) is 6.56. The van der Waals surface area contributed by atoms with E-state index in [-0.39, 0.29) is 5.92 Å².